The molecule has 2 rings (SSSR count). The molecule has 0 aromatic heterocycles. The predicted molar refractivity (Wildman–Crippen MR) is 110 cm³/mol. The van der Waals surface area contributed by atoms with E-state index in [-0.39, 0.29) is 24.9 Å². The monoisotopic (exact) mass is 447 g/mol. The van der Waals surface area contributed by atoms with Crippen LogP contribution in [0.3, 0.4) is 0 Å². The van der Waals surface area contributed by atoms with Gasteiger partial charge < -0.3 is 10.1 Å². The third-order valence-corrected chi connectivity index (χ3v) is 4.13. The lowest BCUT2D eigenvalue weighted by Crippen LogP contribution is -2.41. The predicted octanol–water partition coefficient (Wildman–Crippen LogP) is 3.42. The highest BCUT2D eigenvalue weighted by Gasteiger charge is 2.12. The lowest BCUT2D eigenvalue weighted by atomic mass is 10.2. The molecule has 0 spiro atoms. The number of hydrogen-bond donors (Lipinski definition) is 3. The van der Waals surface area contributed by atoms with Crippen molar-refractivity contribution < 1.29 is 19.1 Å². The van der Waals surface area contributed by atoms with Crippen molar-refractivity contribution in [1.82, 2.24) is 10.9 Å². The van der Waals surface area contributed by atoms with Gasteiger partial charge >= 0.3 is 0 Å². The molecule has 0 heterocycles. The van der Waals surface area contributed by atoms with Crippen LogP contribution in [0.5, 0.6) is 5.75 Å². The van der Waals surface area contributed by atoms with E-state index >= 15 is 0 Å². The van der Waals surface area contributed by atoms with E-state index in [1.54, 1.807) is 42.5 Å². The van der Waals surface area contributed by atoms with E-state index in [4.69, 9.17) is 4.74 Å². The number of hydrogen-bond acceptors (Lipinski definition) is 4. The van der Waals surface area contributed by atoms with Gasteiger partial charge in [-0.2, -0.15) is 0 Å². The van der Waals surface area contributed by atoms with E-state index in [0.717, 1.165) is 0 Å². The number of ether oxygens (including phenoxy) is 1. The first-order valence-corrected chi connectivity index (χ1v) is 9.54. The minimum atomic E-state index is -0.473. The van der Waals surface area contributed by atoms with Crippen molar-refractivity contribution in [2.75, 3.05) is 5.32 Å². The molecule has 3 amide bonds. The first-order chi connectivity index (χ1) is 13.3. The first kappa shape index (κ1) is 21.4. The van der Waals surface area contributed by atoms with Gasteiger partial charge in [0.05, 0.1) is 10.6 Å². The first-order valence-electron chi connectivity index (χ1n) is 8.75. The largest absolute Gasteiger partial charge is 0.490 e. The summed E-state index contributed by atoms with van der Waals surface area (Å²) in [5, 5.41) is 2.69. The molecule has 148 valence electrons. The zero-order chi connectivity index (χ0) is 20.5. The van der Waals surface area contributed by atoms with E-state index in [1.165, 1.54) is 0 Å². The van der Waals surface area contributed by atoms with E-state index in [2.05, 4.69) is 32.1 Å². The Labute approximate surface area is 171 Å². The summed E-state index contributed by atoms with van der Waals surface area (Å²) in [6.07, 6.45) is -0.0398. The second kappa shape index (κ2) is 10.5. The number of carbonyl (C=O) groups is 3. The van der Waals surface area contributed by atoms with E-state index < -0.39 is 11.8 Å². The maximum absolute atomic E-state index is 12.1. The number of rotatable bonds is 7. The lowest BCUT2D eigenvalue weighted by molar-refractivity contribution is -0.124. The summed E-state index contributed by atoms with van der Waals surface area (Å²) in [6, 6.07) is 13.8. The molecule has 0 aliphatic heterocycles. The normalized spacial score (nSPS) is 10.3. The van der Waals surface area contributed by atoms with E-state index in [9.17, 15) is 14.4 Å². The van der Waals surface area contributed by atoms with Crippen molar-refractivity contribution in [3.63, 3.8) is 0 Å². The van der Waals surface area contributed by atoms with Crippen LogP contribution in [-0.4, -0.2) is 23.8 Å². The second-order valence-corrected chi connectivity index (χ2v) is 7.08. The Hall–Kier alpha value is -2.87. The zero-order valence-corrected chi connectivity index (χ0v) is 17.2. The van der Waals surface area contributed by atoms with Crippen molar-refractivity contribution >= 4 is 39.3 Å². The maximum Gasteiger partial charge on any atom is 0.269 e. The summed E-state index contributed by atoms with van der Waals surface area (Å²) in [7, 11) is 0. The molecule has 0 bridgehead atoms. The molecule has 0 aliphatic rings. The average molecular weight is 448 g/mol. The van der Waals surface area contributed by atoms with Crippen molar-refractivity contribution in [2.24, 2.45) is 0 Å². The van der Waals surface area contributed by atoms with Crippen molar-refractivity contribution in [2.45, 2.75) is 32.8 Å². The molecule has 2 aromatic carbocycles. The number of nitrogens with one attached hydrogen (secondary N) is 3. The van der Waals surface area contributed by atoms with Crippen LogP contribution < -0.4 is 20.9 Å². The minimum absolute atomic E-state index is 0.00336. The Bertz CT molecular complexity index is 841. The topological polar surface area (TPSA) is 96.5 Å². The SMILES string of the molecule is CC(C)Oc1ccc(C(=O)NNC(=O)CCC(=O)Nc2ccccc2)cc1Br. The van der Waals surface area contributed by atoms with Gasteiger partial charge in [-0.25, -0.2) is 0 Å². The standard InChI is InChI=1S/C20H22BrN3O4/c1-13(2)28-17-9-8-14(12-16(17)21)20(27)24-23-19(26)11-10-18(25)22-15-6-4-3-5-7-15/h3-9,12-13H,10-11H2,1-2H3,(H,22,25)(H,23,26)(H,24,27). The number of anilines is 1. The molecule has 0 radical (unpaired) electrons. The van der Waals surface area contributed by atoms with Crippen LogP contribution in [-0.2, 0) is 9.59 Å². The molecular weight excluding hydrogens is 426 g/mol. The van der Waals surface area contributed by atoms with Gasteiger partial charge in [0.1, 0.15) is 5.75 Å². The summed E-state index contributed by atoms with van der Waals surface area (Å²) in [4.78, 5) is 35.8. The molecule has 8 heteroatoms. The minimum Gasteiger partial charge on any atom is -0.490 e. The highest BCUT2D eigenvalue weighted by atomic mass is 79.9. The molecule has 7 nitrogen and oxygen atoms in total. The molecule has 0 saturated heterocycles. The fraction of sp³-hybridized carbons (Fsp3) is 0.250. The van der Waals surface area contributed by atoms with Crippen LogP contribution in [0.25, 0.3) is 0 Å². The Kier molecular flexibility index (Phi) is 8.01. The Morgan fingerprint density at radius 1 is 0.964 bits per heavy atom. The highest BCUT2D eigenvalue weighted by Crippen LogP contribution is 2.26. The van der Waals surface area contributed by atoms with Crippen LogP contribution in [0.15, 0.2) is 53.0 Å². The quantitative estimate of drug-likeness (QED) is 0.566. The van der Waals surface area contributed by atoms with Crippen LogP contribution in [0.1, 0.15) is 37.0 Å². The maximum atomic E-state index is 12.1. The third-order valence-electron chi connectivity index (χ3n) is 3.51. The Balaban J connectivity index is 1.76. The number of amides is 3. The van der Waals surface area contributed by atoms with Crippen molar-refractivity contribution in [1.29, 1.82) is 0 Å². The average Bonchev–Trinajstić information content (AvgIpc) is 2.66. The van der Waals surface area contributed by atoms with Gasteiger partial charge in [0.25, 0.3) is 5.91 Å². The van der Waals surface area contributed by atoms with Gasteiger partial charge in [-0.15, -0.1) is 0 Å². The van der Waals surface area contributed by atoms with Gasteiger partial charge in [-0.1, -0.05) is 18.2 Å². The number of para-hydroxylation sites is 1. The number of hydrazine groups is 1. The van der Waals surface area contributed by atoms with Gasteiger partial charge in [-0.05, 0) is 60.1 Å². The van der Waals surface area contributed by atoms with Crippen LogP contribution in [0.4, 0.5) is 5.69 Å². The summed E-state index contributed by atoms with van der Waals surface area (Å²) >= 11 is 3.36. The molecule has 0 atom stereocenters. The summed E-state index contributed by atoms with van der Waals surface area (Å²) in [5.74, 6) is -0.591. The lowest BCUT2D eigenvalue weighted by Gasteiger charge is -2.13. The summed E-state index contributed by atoms with van der Waals surface area (Å²) < 4.78 is 6.23. The third kappa shape index (κ3) is 7.03. The summed E-state index contributed by atoms with van der Waals surface area (Å²) in [6.45, 7) is 3.81. The molecule has 3 N–H and O–H groups in total. The molecule has 0 aliphatic carbocycles. The smallest absolute Gasteiger partial charge is 0.269 e. The molecule has 0 saturated carbocycles. The zero-order valence-electron chi connectivity index (χ0n) is 15.6. The van der Waals surface area contributed by atoms with Gasteiger partial charge in [0.2, 0.25) is 11.8 Å². The molecule has 0 unspecified atom stereocenters. The Morgan fingerprint density at radius 3 is 2.29 bits per heavy atom. The molecule has 28 heavy (non-hydrogen) atoms. The van der Waals surface area contributed by atoms with Crippen molar-refractivity contribution in [3.05, 3.63) is 58.6 Å². The number of benzene rings is 2. The molecule has 2 aromatic rings. The number of carbonyl (C=O) groups excluding carboxylic acids is 3. The second-order valence-electron chi connectivity index (χ2n) is 6.23. The van der Waals surface area contributed by atoms with Gasteiger partial charge in [0.15, 0.2) is 0 Å². The van der Waals surface area contributed by atoms with Crippen LogP contribution >= 0.6 is 15.9 Å². The van der Waals surface area contributed by atoms with Crippen LogP contribution in [0.2, 0.25) is 0 Å². The fourth-order valence-electron chi connectivity index (χ4n) is 2.22. The highest BCUT2D eigenvalue weighted by molar-refractivity contribution is 9.10. The van der Waals surface area contributed by atoms with Gasteiger partial charge in [0, 0.05) is 24.1 Å². The molecular formula is C20H22BrN3O4. The Morgan fingerprint density at radius 2 is 1.64 bits per heavy atom. The van der Waals surface area contributed by atoms with E-state index in [1.807, 2.05) is 19.9 Å². The molecule has 0 fully saturated rings. The van der Waals surface area contributed by atoms with Gasteiger partial charge in [-0.3, -0.25) is 25.2 Å². The van der Waals surface area contributed by atoms with Crippen LogP contribution in [0, 0.1) is 0 Å². The van der Waals surface area contributed by atoms with Crippen molar-refractivity contribution in [3.8, 4) is 5.75 Å². The fourth-order valence-corrected chi connectivity index (χ4v) is 2.70. The number of halogens is 1. The summed E-state index contributed by atoms with van der Waals surface area (Å²) in [5.41, 5.74) is 5.64. The van der Waals surface area contributed by atoms with E-state index in [0.29, 0.717) is 21.5 Å².